The molecule has 0 amide bonds. The Kier molecular flexibility index (Phi) is 38.1. The third-order valence-corrected chi connectivity index (χ3v) is 13.1. The molecule has 1 aliphatic rings. The molecule has 0 heterocycles. The van der Waals surface area contributed by atoms with Crippen molar-refractivity contribution in [1.29, 1.82) is 0 Å². The number of hydrogen-bond donors (Lipinski definition) is 0. The van der Waals surface area contributed by atoms with Gasteiger partial charge in [-0.1, -0.05) is 202 Å². The second-order valence-corrected chi connectivity index (χ2v) is 18.7. The maximum Gasteiger partial charge on any atom is 0.306 e. The lowest BCUT2D eigenvalue weighted by Gasteiger charge is -2.37. The summed E-state index contributed by atoms with van der Waals surface area (Å²) in [6, 6.07) is 0.781. The molecule has 1 saturated carbocycles. The smallest absolute Gasteiger partial charge is 0.306 e. The minimum absolute atomic E-state index is 0.0367. The van der Waals surface area contributed by atoms with Crippen LogP contribution >= 0.6 is 0 Å². The van der Waals surface area contributed by atoms with E-state index in [9.17, 15) is 9.59 Å². The number of ether oxygens (including phenoxy) is 2. The van der Waals surface area contributed by atoms with Crippen LogP contribution < -0.4 is 0 Å². The molecule has 0 aliphatic heterocycles. The van der Waals surface area contributed by atoms with Crippen molar-refractivity contribution in [1.82, 2.24) is 4.90 Å². The van der Waals surface area contributed by atoms with Gasteiger partial charge in [-0.15, -0.1) is 0 Å². The Balaban J connectivity index is 2.79. The van der Waals surface area contributed by atoms with Crippen LogP contribution in [0.15, 0.2) is 0 Å². The number of unbranched alkanes of at least 4 members (excludes halogenated alkanes) is 21. The van der Waals surface area contributed by atoms with E-state index in [0.29, 0.717) is 37.9 Å². The van der Waals surface area contributed by atoms with Crippen molar-refractivity contribution in [3.8, 4) is 0 Å². The zero-order valence-electron chi connectivity index (χ0n) is 39.4. The molecule has 5 heteroatoms. The predicted octanol–water partition coefficient (Wildman–Crippen LogP) is 16.1. The molecule has 338 valence electrons. The fourth-order valence-corrected chi connectivity index (χ4v) is 9.04. The zero-order valence-corrected chi connectivity index (χ0v) is 39.4. The summed E-state index contributed by atoms with van der Waals surface area (Å²) in [6.45, 7) is 14.5. The van der Waals surface area contributed by atoms with E-state index < -0.39 is 0 Å². The summed E-state index contributed by atoms with van der Waals surface area (Å²) in [6.07, 6.45) is 45.3. The second kappa shape index (κ2) is 40.3. The Morgan fingerprint density at radius 3 is 1.09 bits per heavy atom. The number of carbonyl (C=O) groups is 2. The average molecular weight is 804 g/mol. The van der Waals surface area contributed by atoms with Gasteiger partial charge in [-0.2, -0.15) is 0 Å². The Morgan fingerprint density at radius 1 is 0.421 bits per heavy atom. The van der Waals surface area contributed by atoms with Crippen LogP contribution in [-0.2, 0) is 19.1 Å². The molecule has 0 aromatic rings. The fourth-order valence-electron chi connectivity index (χ4n) is 9.04. The minimum atomic E-state index is -0.0367. The van der Waals surface area contributed by atoms with Gasteiger partial charge in [0.25, 0.3) is 0 Å². The minimum Gasteiger partial charge on any atom is -0.465 e. The van der Waals surface area contributed by atoms with E-state index >= 15 is 0 Å². The molecule has 1 rings (SSSR count). The Morgan fingerprint density at radius 2 is 0.754 bits per heavy atom. The number of rotatable bonds is 44. The quantitative estimate of drug-likeness (QED) is 0.0454. The Hall–Kier alpha value is -1.10. The fraction of sp³-hybridized carbons (Fsp3) is 0.962. The number of carbonyl (C=O) groups excluding carboxylic acids is 2. The summed E-state index contributed by atoms with van der Waals surface area (Å²) in [4.78, 5) is 29.6. The van der Waals surface area contributed by atoms with Crippen molar-refractivity contribution < 1.29 is 19.1 Å². The van der Waals surface area contributed by atoms with Gasteiger partial charge in [0.15, 0.2) is 0 Å². The van der Waals surface area contributed by atoms with Crippen LogP contribution in [0, 0.1) is 17.8 Å². The third kappa shape index (κ3) is 32.4. The molecule has 0 unspecified atom stereocenters. The highest BCUT2D eigenvalue weighted by Crippen LogP contribution is 2.27. The van der Waals surface area contributed by atoms with E-state index in [2.05, 4.69) is 39.5 Å². The van der Waals surface area contributed by atoms with E-state index in [1.54, 1.807) is 0 Å². The lowest BCUT2D eigenvalue weighted by atomic mass is 9.91. The van der Waals surface area contributed by atoms with E-state index in [1.165, 1.54) is 186 Å². The van der Waals surface area contributed by atoms with Crippen LogP contribution in [0.4, 0.5) is 0 Å². The molecule has 0 spiro atoms. The first-order valence-electron chi connectivity index (χ1n) is 26.0. The molecule has 0 radical (unpaired) electrons. The molecule has 0 bridgehead atoms. The maximum atomic E-state index is 13.4. The third-order valence-electron chi connectivity index (χ3n) is 13.1. The molecule has 0 atom stereocenters. The Bertz CT molecular complexity index is 788. The first-order chi connectivity index (χ1) is 28.0. The van der Waals surface area contributed by atoms with Crippen LogP contribution in [0.2, 0.25) is 0 Å². The monoisotopic (exact) mass is 804 g/mol. The van der Waals surface area contributed by atoms with Crippen LogP contribution in [0.5, 0.6) is 0 Å². The lowest BCUT2D eigenvalue weighted by molar-refractivity contribution is -0.150. The van der Waals surface area contributed by atoms with Gasteiger partial charge in [-0.25, -0.2) is 0 Å². The number of esters is 2. The van der Waals surface area contributed by atoms with Crippen LogP contribution in [0.3, 0.4) is 0 Å². The number of hydrogen-bond acceptors (Lipinski definition) is 5. The van der Waals surface area contributed by atoms with Crippen molar-refractivity contribution in [2.75, 3.05) is 26.3 Å². The molecule has 5 nitrogen and oxygen atoms in total. The van der Waals surface area contributed by atoms with E-state index in [1.807, 2.05) is 0 Å². The normalized spacial score (nSPS) is 13.4. The van der Waals surface area contributed by atoms with Crippen molar-refractivity contribution in [2.45, 2.75) is 278 Å². The topological polar surface area (TPSA) is 55.8 Å². The van der Waals surface area contributed by atoms with Gasteiger partial charge in [0.05, 0.1) is 13.2 Å². The highest BCUT2D eigenvalue weighted by atomic mass is 16.5. The van der Waals surface area contributed by atoms with Gasteiger partial charge in [0.2, 0.25) is 0 Å². The summed E-state index contributed by atoms with van der Waals surface area (Å²) in [5, 5.41) is 0. The molecule has 1 aliphatic carbocycles. The van der Waals surface area contributed by atoms with Crippen molar-refractivity contribution in [2.24, 2.45) is 17.8 Å². The van der Waals surface area contributed by atoms with E-state index in [4.69, 9.17) is 9.47 Å². The maximum absolute atomic E-state index is 13.4. The van der Waals surface area contributed by atoms with E-state index in [-0.39, 0.29) is 17.9 Å². The van der Waals surface area contributed by atoms with Gasteiger partial charge in [-0.05, 0) is 82.7 Å². The molecule has 0 saturated heterocycles. The highest BCUT2D eigenvalue weighted by molar-refractivity contribution is 5.70. The van der Waals surface area contributed by atoms with Gasteiger partial charge >= 0.3 is 11.9 Å². The van der Waals surface area contributed by atoms with Gasteiger partial charge < -0.3 is 14.4 Å². The molecule has 1 fully saturated rings. The summed E-state index contributed by atoms with van der Waals surface area (Å²) in [7, 11) is 0. The van der Waals surface area contributed by atoms with Gasteiger partial charge in [-0.3, -0.25) is 9.59 Å². The van der Waals surface area contributed by atoms with Crippen molar-refractivity contribution >= 4 is 11.9 Å². The van der Waals surface area contributed by atoms with Gasteiger partial charge in [0.1, 0.15) is 0 Å². The highest BCUT2D eigenvalue weighted by Gasteiger charge is 2.24. The average Bonchev–Trinajstić information content (AvgIpc) is 3.18. The van der Waals surface area contributed by atoms with Gasteiger partial charge in [0, 0.05) is 24.8 Å². The van der Waals surface area contributed by atoms with Crippen LogP contribution in [-0.4, -0.2) is 49.2 Å². The lowest BCUT2D eigenvalue weighted by Crippen LogP contribution is -2.41. The summed E-state index contributed by atoms with van der Waals surface area (Å²) >= 11 is 0. The first kappa shape index (κ1) is 53.9. The van der Waals surface area contributed by atoms with E-state index in [0.717, 1.165) is 57.5 Å². The SMILES string of the molecule is CCCCCCCCC(CCCCCCCC)CC(=O)OCC(CCCCN(CCC)C1CCC1)COC(=O)CC(CCCCCCCC)CCCCCCCC. The molecule has 0 aromatic carbocycles. The van der Waals surface area contributed by atoms with Crippen molar-refractivity contribution in [3.05, 3.63) is 0 Å². The largest absolute Gasteiger partial charge is 0.465 e. The predicted molar refractivity (Wildman–Crippen MR) is 247 cm³/mol. The summed E-state index contributed by atoms with van der Waals surface area (Å²) in [5.41, 5.74) is 0. The standard InChI is InChI=1S/C52H101NO4/c1-6-11-15-19-23-27-34-47(35-28-24-20-16-12-7-2)43-51(54)56-45-49(38-31-32-42-53(41-10-5)50-39-33-40-50)46-57-52(55)44-48(36-29-25-21-17-13-8-3)37-30-26-22-18-14-9-4/h47-50H,6-46H2,1-5H3. The van der Waals surface area contributed by atoms with Crippen molar-refractivity contribution in [3.63, 3.8) is 0 Å². The Labute approximate surface area is 357 Å². The molecular weight excluding hydrogens is 703 g/mol. The summed E-state index contributed by atoms with van der Waals surface area (Å²) in [5.74, 6) is 0.859. The molecular formula is C52H101NO4. The molecule has 0 N–H and O–H groups in total. The molecule has 57 heavy (non-hydrogen) atoms. The zero-order chi connectivity index (χ0) is 41.4. The first-order valence-corrected chi connectivity index (χ1v) is 26.0. The summed E-state index contributed by atoms with van der Waals surface area (Å²) < 4.78 is 12.2. The van der Waals surface area contributed by atoms with Crippen LogP contribution in [0.1, 0.15) is 272 Å². The number of nitrogens with zero attached hydrogens (tertiary/aromatic N) is 1. The molecule has 0 aromatic heterocycles. The second-order valence-electron chi connectivity index (χ2n) is 18.7. The van der Waals surface area contributed by atoms with Crippen LogP contribution in [0.25, 0.3) is 0 Å².